The number of pyridine rings is 1. The maximum absolute atomic E-state index is 12.4. The molecule has 8 heteroatoms. The molecule has 1 heterocycles. The van der Waals surface area contributed by atoms with Gasteiger partial charge < -0.3 is 0 Å². The van der Waals surface area contributed by atoms with Crippen LogP contribution in [-0.4, -0.2) is 13.4 Å². The van der Waals surface area contributed by atoms with Crippen molar-refractivity contribution in [1.29, 1.82) is 0 Å². The fourth-order valence-electron chi connectivity index (χ4n) is 1.10. The Labute approximate surface area is 90.1 Å². The molecule has 15 heavy (non-hydrogen) atoms. The van der Waals surface area contributed by atoms with Crippen LogP contribution in [0.3, 0.4) is 0 Å². The molecule has 0 saturated heterocycles. The Morgan fingerprint density at radius 1 is 1.53 bits per heavy atom. The number of hydrogen-bond acceptors (Lipinski definition) is 3. The lowest BCUT2D eigenvalue weighted by Gasteiger charge is -2.09. The smallest absolute Gasteiger partial charge is 0.252 e. The zero-order valence-corrected chi connectivity index (χ0v) is 9.11. The first kappa shape index (κ1) is 12.3. The molecule has 0 amide bonds. The summed E-state index contributed by atoms with van der Waals surface area (Å²) in [5, 5.41) is 4.78. The highest BCUT2D eigenvalue weighted by Gasteiger charge is 2.25. The average molecular weight is 257 g/mol. The van der Waals surface area contributed by atoms with Crippen LogP contribution in [0.2, 0.25) is 5.02 Å². The highest BCUT2D eigenvalue weighted by molar-refractivity contribution is 7.89. The summed E-state index contributed by atoms with van der Waals surface area (Å²) in [5.74, 6) is 0. The van der Waals surface area contributed by atoms with E-state index in [1.54, 1.807) is 0 Å². The van der Waals surface area contributed by atoms with E-state index in [2.05, 4.69) is 4.98 Å². The summed E-state index contributed by atoms with van der Waals surface area (Å²) in [6.45, 7) is 1.29. The molecule has 1 aromatic rings. The molecular weight excluding hydrogens is 250 g/mol. The van der Waals surface area contributed by atoms with E-state index >= 15 is 0 Å². The van der Waals surface area contributed by atoms with Gasteiger partial charge in [0, 0.05) is 6.20 Å². The fourth-order valence-corrected chi connectivity index (χ4v) is 2.27. The van der Waals surface area contributed by atoms with Gasteiger partial charge in [-0.3, -0.25) is 4.98 Å². The van der Waals surface area contributed by atoms with Gasteiger partial charge in [-0.2, -0.15) is 0 Å². The van der Waals surface area contributed by atoms with Crippen molar-refractivity contribution >= 4 is 21.6 Å². The van der Waals surface area contributed by atoms with Crippen molar-refractivity contribution in [2.75, 3.05) is 0 Å². The standard InChI is InChI=1S/C7H7ClF2N2O2S/c1-3-4(8)2-12-5(7(9)10)6(3)15(11,13)14/h2,7H,1H3,(H2,11,13,14). The predicted octanol–water partition coefficient (Wildman–Crippen LogP) is 1.63. The van der Waals surface area contributed by atoms with Gasteiger partial charge in [0.25, 0.3) is 6.43 Å². The van der Waals surface area contributed by atoms with E-state index in [0.717, 1.165) is 6.20 Å². The third-order valence-corrected chi connectivity index (χ3v) is 3.21. The van der Waals surface area contributed by atoms with Gasteiger partial charge in [-0.05, 0) is 12.5 Å². The van der Waals surface area contributed by atoms with Gasteiger partial charge in [-0.25, -0.2) is 22.3 Å². The van der Waals surface area contributed by atoms with Crippen LogP contribution in [0.15, 0.2) is 11.1 Å². The van der Waals surface area contributed by atoms with Gasteiger partial charge in [0.15, 0.2) is 0 Å². The lowest BCUT2D eigenvalue weighted by molar-refractivity contribution is 0.142. The van der Waals surface area contributed by atoms with Crippen LogP contribution in [0.4, 0.5) is 8.78 Å². The number of rotatable bonds is 2. The summed E-state index contributed by atoms with van der Waals surface area (Å²) < 4.78 is 47.0. The minimum Gasteiger partial charge on any atom is -0.252 e. The van der Waals surface area contributed by atoms with E-state index in [1.807, 2.05) is 0 Å². The predicted molar refractivity (Wildman–Crippen MR) is 50.3 cm³/mol. The number of alkyl halides is 2. The highest BCUT2D eigenvalue weighted by atomic mass is 35.5. The van der Waals surface area contributed by atoms with E-state index in [1.165, 1.54) is 6.92 Å². The molecule has 0 radical (unpaired) electrons. The highest BCUT2D eigenvalue weighted by Crippen LogP contribution is 2.29. The van der Waals surface area contributed by atoms with Gasteiger partial charge in [0.2, 0.25) is 10.0 Å². The molecule has 2 N–H and O–H groups in total. The van der Waals surface area contributed by atoms with E-state index in [9.17, 15) is 17.2 Å². The minimum absolute atomic E-state index is 0.0236. The van der Waals surface area contributed by atoms with Crippen LogP contribution in [-0.2, 0) is 10.0 Å². The van der Waals surface area contributed by atoms with E-state index in [0.29, 0.717) is 0 Å². The zero-order valence-electron chi connectivity index (χ0n) is 7.54. The fraction of sp³-hybridized carbons (Fsp3) is 0.286. The Balaban J connectivity index is 3.65. The van der Waals surface area contributed by atoms with Crippen LogP contribution >= 0.6 is 11.6 Å². The first-order chi connectivity index (χ1) is 6.75. The monoisotopic (exact) mass is 256 g/mol. The summed E-state index contributed by atoms with van der Waals surface area (Å²) in [5.41, 5.74) is -0.899. The molecule has 0 unspecified atom stereocenters. The molecule has 0 spiro atoms. The number of nitrogens with two attached hydrogens (primary N) is 1. The van der Waals surface area contributed by atoms with Gasteiger partial charge >= 0.3 is 0 Å². The number of nitrogens with zero attached hydrogens (tertiary/aromatic N) is 1. The molecule has 4 nitrogen and oxygen atoms in total. The maximum atomic E-state index is 12.4. The van der Waals surface area contributed by atoms with Crippen LogP contribution < -0.4 is 5.14 Å². The minimum atomic E-state index is -4.26. The molecule has 0 fully saturated rings. The molecule has 0 atom stereocenters. The summed E-state index contributed by atoms with van der Waals surface area (Å²) in [6, 6.07) is 0. The summed E-state index contributed by atoms with van der Waals surface area (Å²) in [7, 11) is -4.26. The number of hydrogen-bond donors (Lipinski definition) is 1. The summed E-state index contributed by atoms with van der Waals surface area (Å²) >= 11 is 5.57. The molecular formula is C7H7ClF2N2O2S. The van der Waals surface area contributed by atoms with E-state index in [4.69, 9.17) is 16.7 Å². The van der Waals surface area contributed by atoms with Crippen molar-refractivity contribution in [2.24, 2.45) is 5.14 Å². The Morgan fingerprint density at radius 2 is 2.07 bits per heavy atom. The van der Waals surface area contributed by atoms with Gasteiger partial charge in [-0.1, -0.05) is 11.6 Å². The van der Waals surface area contributed by atoms with Crippen molar-refractivity contribution in [3.8, 4) is 0 Å². The summed E-state index contributed by atoms with van der Waals surface area (Å²) in [4.78, 5) is 2.56. The maximum Gasteiger partial charge on any atom is 0.281 e. The molecule has 0 saturated carbocycles. The second kappa shape index (κ2) is 3.99. The average Bonchev–Trinajstić information content (AvgIpc) is 2.06. The van der Waals surface area contributed by atoms with Crippen molar-refractivity contribution < 1.29 is 17.2 Å². The van der Waals surface area contributed by atoms with Crippen molar-refractivity contribution in [3.63, 3.8) is 0 Å². The Hall–Kier alpha value is -0.790. The summed E-state index contributed by atoms with van der Waals surface area (Å²) in [6.07, 6.45) is -2.05. The van der Waals surface area contributed by atoms with Crippen LogP contribution in [0, 0.1) is 6.92 Å². The lowest BCUT2D eigenvalue weighted by atomic mass is 10.2. The zero-order chi connectivity index (χ0) is 11.8. The van der Waals surface area contributed by atoms with Crippen molar-refractivity contribution in [1.82, 2.24) is 4.98 Å². The van der Waals surface area contributed by atoms with E-state index < -0.39 is 27.0 Å². The first-order valence-corrected chi connectivity index (χ1v) is 5.63. The molecule has 0 aromatic carbocycles. The third-order valence-electron chi connectivity index (χ3n) is 1.74. The number of halogens is 3. The lowest BCUT2D eigenvalue weighted by Crippen LogP contribution is -2.17. The Bertz CT molecular complexity index is 490. The molecule has 1 rings (SSSR count). The van der Waals surface area contributed by atoms with Crippen molar-refractivity contribution in [3.05, 3.63) is 22.5 Å². The Morgan fingerprint density at radius 3 is 2.47 bits per heavy atom. The third kappa shape index (κ3) is 2.42. The van der Waals surface area contributed by atoms with Crippen LogP contribution in [0.25, 0.3) is 0 Å². The molecule has 0 aliphatic heterocycles. The van der Waals surface area contributed by atoms with Gasteiger partial charge in [-0.15, -0.1) is 0 Å². The Kier molecular flexibility index (Phi) is 3.27. The normalized spacial score (nSPS) is 12.1. The second-order valence-electron chi connectivity index (χ2n) is 2.79. The SMILES string of the molecule is Cc1c(Cl)cnc(C(F)F)c1S(N)(=O)=O. The second-order valence-corrected chi connectivity index (χ2v) is 4.70. The van der Waals surface area contributed by atoms with Gasteiger partial charge in [0.1, 0.15) is 10.6 Å². The molecule has 0 aliphatic rings. The quantitative estimate of drug-likeness (QED) is 0.874. The topological polar surface area (TPSA) is 73.0 Å². The van der Waals surface area contributed by atoms with E-state index in [-0.39, 0.29) is 10.6 Å². The van der Waals surface area contributed by atoms with Crippen LogP contribution in [0.1, 0.15) is 17.7 Å². The van der Waals surface area contributed by atoms with Crippen molar-refractivity contribution in [2.45, 2.75) is 18.2 Å². The van der Waals surface area contributed by atoms with Crippen LogP contribution in [0.5, 0.6) is 0 Å². The molecule has 84 valence electrons. The molecule has 1 aromatic heterocycles. The largest absolute Gasteiger partial charge is 0.281 e. The first-order valence-electron chi connectivity index (χ1n) is 3.71. The molecule has 0 bridgehead atoms. The number of aromatic nitrogens is 1. The molecule has 0 aliphatic carbocycles. The number of sulfonamides is 1. The number of primary sulfonamides is 1. The van der Waals surface area contributed by atoms with Gasteiger partial charge in [0.05, 0.1) is 5.02 Å².